The zero-order chi connectivity index (χ0) is 13.1. The Labute approximate surface area is 117 Å². The predicted octanol–water partition coefficient (Wildman–Crippen LogP) is 1.84. The number of aryl methyl sites for hydroxylation is 1. The molecule has 4 nitrogen and oxygen atoms in total. The van der Waals surface area contributed by atoms with Gasteiger partial charge in [-0.3, -0.25) is 0 Å². The molecule has 3 rings (SSSR count). The third-order valence-electron chi connectivity index (χ3n) is 3.52. The third kappa shape index (κ3) is 2.82. The van der Waals surface area contributed by atoms with Crippen LogP contribution in [0.5, 0.6) is 0 Å². The van der Waals surface area contributed by atoms with E-state index in [4.69, 9.17) is 0 Å². The van der Waals surface area contributed by atoms with Gasteiger partial charge in [0.15, 0.2) is 0 Å². The Morgan fingerprint density at radius 1 is 1.42 bits per heavy atom. The van der Waals surface area contributed by atoms with Gasteiger partial charge < -0.3 is 9.88 Å². The summed E-state index contributed by atoms with van der Waals surface area (Å²) in [5.74, 6) is 2.87. The summed E-state index contributed by atoms with van der Waals surface area (Å²) in [4.78, 5) is 1.45. The molecule has 1 aromatic heterocycles. The van der Waals surface area contributed by atoms with Gasteiger partial charge in [0.1, 0.15) is 12.2 Å². The first-order valence-corrected chi connectivity index (χ1v) is 7.58. The molecule has 100 valence electrons. The van der Waals surface area contributed by atoms with Crippen LogP contribution >= 0.6 is 11.8 Å². The minimum atomic E-state index is 0.640. The molecule has 0 fully saturated rings. The van der Waals surface area contributed by atoms with Gasteiger partial charge in [-0.2, -0.15) is 0 Å². The van der Waals surface area contributed by atoms with Crippen molar-refractivity contribution in [2.45, 2.75) is 17.2 Å². The van der Waals surface area contributed by atoms with Gasteiger partial charge >= 0.3 is 0 Å². The topological polar surface area (TPSA) is 42.7 Å². The van der Waals surface area contributed by atoms with Crippen molar-refractivity contribution in [1.82, 2.24) is 20.1 Å². The van der Waals surface area contributed by atoms with Crippen LogP contribution in [0.2, 0.25) is 0 Å². The second-order valence-electron chi connectivity index (χ2n) is 4.86. The number of hydrogen-bond acceptors (Lipinski definition) is 4. The average Bonchev–Trinajstić information content (AvgIpc) is 3.02. The van der Waals surface area contributed by atoms with E-state index >= 15 is 0 Å². The fourth-order valence-corrected chi connectivity index (χ4v) is 3.66. The van der Waals surface area contributed by atoms with Crippen LogP contribution in [0.25, 0.3) is 0 Å². The van der Waals surface area contributed by atoms with E-state index in [0.717, 1.165) is 25.3 Å². The highest BCUT2D eigenvalue weighted by Crippen LogP contribution is 2.38. The van der Waals surface area contributed by atoms with Crippen LogP contribution < -0.4 is 5.32 Å². The Hall–Kier alpha value is -1.33. The van der Waals surface area contributed by atoms with Crippen LogP contribution in [-0.2, 0) is 13.5 Å². The summed E-state index contributed by atoms with van der Waals surface area (Å²) >= 11 is 1.97. The summed E-state index contributed by atoms with van der Waals surface area (Å²) in [5, 5.41) is 11.5. The number of thioether (sulfide) groups is 1. The van der Waals surface area contributed by atoms with Gasteiger partial charge in [0.2, 0.25) is 0 Å². The number of aromatic nitrogens is 3. The molecule has 2 aromatic rings. The molecule has 1 aliphatic rings. The molecule has 0 saturated carbocycles. The van der Waals surface area contributed by atoms with Crippen molar-refractivity contribution < 1.29 is 0 Å². The van der Waals surface area contributed by atoms with Crippen LogP contribution in [0.4, 0.5) is 0 Å². The SMILES string of the molecule is Cn1cnnc1CCNCC1CSc2ccccc21. The van der Waals surface area contributed by atoms with E-state index in [9.17, 15) is 0 Å². The molecule has 0 bridgehead atoms. The van der Waals surface area contributed by atoms with Crippen molar-refractivity contribution in [3.8, 4) is 0 Å². The molecule has 2 heterocycles. The smallest absolute Gasteiger partial charge is 0.133 e. The van der Waals surface area contributed by atoms with Crippen molar-refractivity contribution in [2.24, 2.45) is 7.05 Å². The zero-order valence-electron chi connectivity index (χ0n) is 11.0. The van der Waals surface area contributed by atoms with E-state index in [-0.39, 0.29) is 0 Å². The molecule has 1 aliphatic heterocycles. The molecular formula is C14H18N4S. The van der Waals surface area contributed by atoms with Gasteiger partial charge in [-0.1, -0.05) is 18.2 Å². The monoisotopic (exact) mass is 274 g/mol. The normalized spacial score (nSPS) is 17.6. The summed E-state index contributed by atoms with van der Waals surface area (Å²) in [6.45, 7) is 2.00. The quantitative estimate of drug-likeness (QED) is 0.845. The Bertz CT molecular complexity index is 552. The highest BCUT2D eigenvalue weighted by molar-refractivity contribution is 7.99. The fraction of sp³-hybridized carbons (Fsp3) is 0.429. The maximum atomic E-state index is 4.09. The van der Waals surface area contributed by atoms with Crippen molar-refractivity contribution in [3.05, 3.63) is 42.0 Å². The summed E-state index contributed by atoms with van der Waals surface area (Å²) in [7, 11) is 1.99. The minimum Gasteiger partial charge on any atom is -0.321 e. The maximum Gasteiger partial charge on any atom is 0.133 e. The lowest BCUT2D eigenvalue weighted by molar-refractivity contribution is 0.606. The van der Waals surface area contributed by atoms with Crippen LogP contribution in [0.3, 0.4) is 0 Å². The highest BCUT2D eigenvalue weighted by atomic mass is 32.2. The van der Waals surface area contributed by atoms with E-state index in [1.54, 1.807) is 6.33 Å². The standard InChI is InChI=1S/C14H18N4S/c1-18-10-16-17-14(18)6-7-15-8-11-9-19-13-5-3-2-4-12(11)13/h2-5,10-11,15H,6-9H2,1H3. The van der Waals surface area contributed by atoms with Crippen LogP contribution in [0.15, 0.2) is 35.5 Å². The number of hydrogen-bond donors (Lipinski definition) is 1. The van der Waals surface area contributed by atoms with Gasteiger partial charge in [-0.05, 0) is 11.6 Å². The Balaban J connectivity index is 1.48. The molecule has 0 radical (unpaired) electrons. The van der Waals surface area contributed by atoms with Gasteiger partial charge in [-0.25, -0.2) is 0 Å². The summed E-state index contributed by atoms with van der Waals surface area (Å²) in [6.07, 6.45) is 2.68. The van der Waals surface area contributed by atoms with Gasteiger partial charge in [0.05, 0.1) is 0 Å². The lowest BCUT2D eigenvalue weighted by Gasteiger charge is -2.11. The average molecular weight is 274 g/mol. The van der Waals surface area contributed by atoms with Crippen LogP contribution in [0.1, 0.15) is 17.3 Å². The molecule has 1 aromatic carbocycles. The summed E-state index contributed by atoms with van der Waals surface area (Å²) in [6, 6.07) is 8.73. The van der Waals surface area contributed by atoms with E-state index in [1.165, 1.54) is 16.2 Å². The second-order valence-corrected chi connectivity index (χ2v) is 5.92. The number of nitrogens with zero attached hydrogens (tertiary/aromatic N) is 3. The lowest BCUT2D eigenvalue weighted by Crippen LogP contribution is -2.24. The first-order chi connectivity index (χ1) is 9.34. The number of fused-ring (bicyclic) bond motifs is 1. The van der Waals surface area contributed by atoms with E-state index in [2.05, 4.69) is 39.8 Å². The van der Waals surface area contributed by atoms with E-state index < -0.39 is 0 Å². The molecule has 1 N–H and O–H groups in total. The molecule has 0 amide bonds. The fourth-order valence-electron chi connectivity index (χ4n) is 2.41. The van der Waals surface area contributed by atoms with Crippen LogP contribution in [-0.4, -0.2) is 33.6 Å². The minimum absolute atomic E-state index is 0.640. The zero-order valence-corrected chi connectivity index (χ0v) is 11.9. The van der Waals surface area contributed by atoms with Crippen molar-refractivity contribution in [3.63, 3.8) is 0 Å². The highest BCUT2D eigenvalue weighted by Gasteiger charge is 2.21. The Morgan fingerprint density at radius 3 is 3.16 bits per heavy atom. The van der Waals surface area contributed by atoms with Crippen molar-refractivity contribution in [1.29, 1.82) is 0 Å². The molecule has 0 spiro atoms. The largest absolute Gasteiger partial charge is 0.321 e. The van der Waals surface area contributed by atoms with E-state index in [1.807, 2.05) is 23.4 Å². The van der Waals surface area contributed by atoms with Gasteiger partial charge in [0.25, 0.3) is 0 Å². The van der Waals surface area contributed by atoms with Crippen molar-refractivity contribution in [2.75, 3.05) is 18.8 Å². The number of nitrogens with one attached hydrogen (secondary N) is 1. The van der Waals surface area contributed by atoms with Gasteiger partial charge in [0, 0.05) is 43.1 Å². The number of rotatable bonds is 5. The van der Waals surface area contributed by atoms with Crippen LogP contribution in [0, 0.1) is 0 Å². The molecule has 5 heteroatoms. The molecular weight excluding hydrogens is 256 g/mol. The molecule has 0 aliphatic carbocycles. The molecule has 19 heavy (non-hydrogen) atoms. The Morgan fingerprint density at radius 2 is 2.32 bits per heavy atom. The number of benzene rings is 1. The first kappa shape index (κ1) is 12.7. The predicted molar refractivity (Wildman–Crippen MR) is 77.5 cm³/mol. The molecule has 0 saturated heterocycles. The Kier molecular flexibility index (Phi) is 3.84. The van der Waals surface area contributed by atoms with E-state index in [0.29, 0.717) is 5.92 Å². The van der Waals surface area contributed by atoms with Gasteiger partial charge in [-0.15, -0.1) is 22.0 Å². The molecule has 1 atom stereocenters. The molecule has 1 unspecified atom stereocenters. The summed E-state index contributed by atoms with van der Waals surface area (Å²) in [5.41, 5.74) is 1.50. The van der Waals surface area contributed by atoms with Crippen molar-refractivity contribution >= 4 is 11.8 Å². The first-order valence-electron chi connectivity index (χ1n) is 6.60. The third-order valence-corrected chi connectivity index (χ3v) is 4.77. The maximum absolute atomic E-state index is 4.09. The lowest BCUT2D eigenvalue weighted by atomic mass is 10.0. The summed E-state index contributed by atoms with van der Waals surface area (Å²) < 4.78 is 1.97. The second kappa shape index (κ2) is 5.75.